The lowest BCUT2D eigenvalue weighted by atomic mass is 9.98. The van der Waals surface area contributed by atoms with Crippen molar-refractivity contribution in [1.29, 1.82) is 0 Å². The SMILES string of the molecule is CCOC(CC(C)c1ccccc1)OCC. The van der Waals surface area contributed by atoms with Gasteiger partial charge in [0.15, 0.2) is 6.29 Å². The minimum Gasteiger partial charge on any atom is -0.353 e. The Labute approximate surface area is 98.6 Å². The summed E-state index contributed by atoms with van der Waals surface area (Å²) in [6.45, 7) is 7.61. The van der Waals surface area contributed by atoms with Crippen molar-refractivity contribution in [3.63, 3.8) is 0 Å². The second kappa shape index (κ2) is 7.42. The zero-order valence-corrected chi connectivity index (χ0v) is 10.5. The van der Waals surface area contributed by atoms with Gasteiger partial charge < -0.3 is 9.47 Å². The molecule has 1 atom stereocenters. The fourth-order valence-corrected chi connectivity index (χ4v) is 1.76. The van der Waals surface area contributed by atoms with Crippen LogP contribution in [0.5, 0.6) is 0 Å². The molecule has 0 amide bonds. The molecule has 0 saturated carbocycles. The second-order valence-corrected chi connectivity index (χ2v) is 3.89. The van der Waals surface area contributed by atoms with Gasteiger partial charge in [-0.25, -0.2) is 0 Å². The van der Waals surface area contributed by atoms with Crippen molar-refractivity contribution in [2.24, 2.45) is 0 Å². The lowest BCUT2D eigenvalue weighted by molar-refractivity contribution is -0.141. The third kappa shape index (κ3) is 4.33. The van der Waals surface area contributed by atoms with Crippen LogP contribution in [0.2, 0.25) is 0 Å². The Morgan fingerprint density at radius 3 is 2.06 bits per heavy atom. The van der Waals surface area contributed by atoms with E-state index in [1.807, 2.05) is 19.9 Å². The van der Waals surface area contributed by atoms with Crippen LogP contribution in [0.25, 0.3) is 0 Å². The summed E-state index contributed by atoms with van der Waals surface area (Å²) in [7, 11) is 0. The molecule has 0 heterocycles. The average molecular weight is 222 g/mol. The molecule has 0 saturated heterocycles. The minimum atomic E-state index is -0.0785. The Bertz CT molecular complexity index is 265. The number of rotatable bonds is 7. The van der Waals surface area contributed by atoms with Crippen LogP contribution in [-0.4, -0.2) is 19.5 Å². The zero-order chi connectivity index (χ0) is 11.8. The van der Waals surface area contributed by atoms with Crippen molar-refractivity contribution in [2.75, 3.05) is 13.2 Å². The molecule has 16 heavy (non-hydrogen) atoms. The molecule has 0 radical (unpaired) electrons. The third-order valence-corrected chi connectivity index (χ3v) is 2.62. The van der Waals surface area contributed by atoms with Crippen molar-refractivity contribution < 1.29 is 9.47 Å². The van der Waals surface area contributed by atoms with Crippen molar-refractivity contribution in [2.45, 2.75) is 39.4 Å². The van der Waals surface area contributed by atoms with E-state index in [4.69, 9.17) is 9.47 Å². The van der Waals surface area contributed by atoms with E-state index in [9.17, 15) is 0 Å². The Balaban J connectivity index is 2.50. The molecule has 1 aromatic rings. The van der Waals surface area contributed by atoms with Crippen molar-refractivity contribution >= 4 is 0 Å². The molecule has 1 unspecified atom stereocenters. The summed E-state index contributed by atoms with van der Waals surface area (Å²) in [6.07, 6.45) is 0.830. The van der Waals surface area contributed by atoms with E-state index in [-0.39, 0.29) is 6.29 Å². The first-order chi connectivity index (χ1) is 7.77. The monoisotopic (exact) mass is 222 g/mol. The molecule has 0 aliphatic rings. The first-order valence-electron chi connectivity index (χ1n) is 6.06. The molecule has 0 aromatic heterocycles. The van der Waals surface area contributed by atoms with Crippen LogP contribution in [0.1, 0.15) is 38.7 Å². The lowest BCUT2D eigenvalue weighted by Crippen LogP contribution is -2.19. The number of ether oxygens (including phenoxy) is 2. The molecule has 0 N–H and O–H groups in total. The summed E-state index contributed by atoms with van der Waals surface area (Å²) in [5, 5.41) is 0. The summed E-state index contributed by atoms with van der Waals surface area (Å²) < 4.78 is 11.1. The first-order valence-corrected chi connectivity index (χ1v) is 6.06. The molecule has 2 heteroatoms. The summed E-state index contributed by atoms with van der Waals surface area (Å²) >= 11 is 0. The fourth-order valence-electron chi connectivity index (χ4n) is 1.76. The van der Waals surface area contributed by atoms with Crippen LogP contribution >= 0.6 is 0 Å². The maximum atomic E-state index is 5.55. The maximum Gasteiger partial charge on any atom is 0.158 e. The van der Waals surface area contributed by atoms with E-state index in [2.05, 4.69) is 31.2 Å². The number of benzene rings is 1. The third-order valence-electron chi connectivity index (χ3n) is 2.62. The summed E-state index contributed by atoms with van der Waals surface area (Å²) in [5.74, 6) is 0.462. The molecule has 0 fully saturated rings. The molecule has 90 valence electrons. The van der Waals surface area contributed by atoms with Crippen LogP contribution < -0.4 is 0 Å². The normalized spacial score (nSPS) is 13.0. The number of hydrogen-bond donors (Lipinski definition) is 0. The molecular weight excluding hydrogens is 200 g/mol. The summed E-state index contributed by atoms with van der Waals surface area (Å²) in [6, 6.07) is 10.5. The highest BCUT2D eigenvalue weighted by Gasteiger charge is 2.14. The molecule has 0 aliphatic carbocycles. The van der Waals surface area contributed by atoms with Crippen molar-refractivity contribution in [3.8, 4) is 0 Å². The highest BCUT2D eigenvalue weighted by Crippen LogP contribution is 2.21. The lowest BCUT2D eigenvalue weighted by Gasteiger charge is -2.21. The van der Waals surface area contributed by atoms with Gasteiger partial charge in [0.25, 0.3) is 0 Å². The minimum absolute atomic E-state index is 0.0785. The maximum absolute atomic E-state index is 5.55. The van der Waals surface area contributed by atoms with Gasteiger partial charge in [-0.15, -0.1) is 0 Å². The molecule has 1 aromatic carbocycles. The van der Waals surface area contributed by atoms with Crippen LogP contribution in [-0.2, 0) is 9.47 Å². The first kappa shape index (κ1) is 13.2. The Kier molecular flexibility index (Phi) is 6.12. The Morgan fingerprint density at radius 1 is 1.00 bits per heavy atom. The van der Waals surface area contributed by atoms with E-state index >= 15 is 0 Å². The van der Waals surface area contributed by atoms with Gasteiger partial charge in [-0.2, -0.15) is 0 Å². The summed E-state index contributed by atoms with van der Waals surface area (Å²) in [4.78, 5) is 0. The molecule has 2 nitrogen and oxygen atoms in total. The van der Waals surface area contributed by atoms with Gasteiger partial charge in [0.2, 0.25) is 0 Å². The van der Waals surface area contributed by atoms with Crippen LogP contribution in [0.3, 0.4) is 0 Å². The van der Waals surface area contributed by atoms with E-state index in [0.29, 0.717) is 19.1 Å². The van der Waals surface area contributed by atoms with Gasteiger partial charge in [0.05, 0.1) is 0 Å². The Morgan fingerprint density at radius 2 is 1.56 bits per heavy atom. The quantitative estimate of drug-likeness (QED) is 0.656. The summed E-state index contributed by atoms with van der Waals surface area (Å²) in [5.41, 5.74) is 1.34. The van der Waals surface area contributed by atoms with Crippen LogP contribution in [0, 0.1) is 0 Å². The standard InChI is InChI=1S/C14H22O2/c1-4-15-14(16-5-2)11-12(3)13-9-7-6-8-10-13/h6-10,12,14H,4-5,11H2,1-3H3. The average Bonchev–Trinajstić information content (AvgIpc) is 2.31. The van der Waals surface area contributed by atoms with Crippen LogP contribution in [0.15, 0.2) is 30.3 Å². The molecule has 0 aliphatic heterocycles. The zero-order valence-electron chi connectivity index (χ0n) is 10.5. The van der Waals surface area contributed by atoms with Gasteiger partial charge in [0, 0.05) is 19.6 Å². The molecular formula is C14H22O2. The van der Waals surface area contributed by atoms with E-state index in [1.165, 1.54) is 5.56 Å². The van der Waals surface area contributed by atoms with Gasteiger partial charge in [0.1, 0.15) is 0 Å². The van der Waals surface area contributed by atoms with Gasteiger partial charge in [-0.3, -0.25) is 0 Å². The molecule has 0 bridgehead atoms. The van der Waals surface area contributed by atoms with Crippen LogP contribution in [0.4, 0.5) is 0 Å². The fraction of sp³-hybridized carbons (Fsp3) is 0.571. The predicted molar refractivity (Wildman–Crippen MR) is 66.5 cm³/mol. The topological polar surface area (TPSA) is 18.5 Å². The number of hydrogen-bond acceptors (Lipinski definition) is 2. The van der Waals surface area contributed by atoms with Crippen molar-refractivity contribution in [3.05, 3.63) is 35.9 Å². The Hall–Kier alpha value is -0.860. The highest BCUT2D eigenvalue weighted by atomic mass is 16.7. The largest absolute Gasteiger partial charge is 0.353 e. The van der Waals surface area contributed by atoms with Gasteiger partial charge in [-0.05, 0) is 25.3 Å². The smallest absolute Gasteiger partial charge is 0.158 e. The molecule has 0 spiro atoms. The second-order valence-electron chi connectivity index (χ2n) is 3.89. The van der Waals surface area contributed by atoms with E-state index < -0.39 is 0 Å². The van der Waals surface area contributed by atoms with E-state index in [1.54, 1.807) is 0 Å². The predicted octanol–water partition coefficient (Wildman–Crippen LogP) is 3.58. The molecule has 1 rings (SSSR count). The highest BCUT2D eigenvalue weighted by molar-refractivity contribution is 5.18. The van der Waals surface area contributed by atoms with Gasteiger partial charge in [-0.1, -0.05) is 37.3 Å². The van der Waals surface area contributed by atoms with Crippen molar-refractivity contribution in [1.82, 2.24) is 0 Å². The van der Waals surface area contributed by atoms with Gasteiger partial charge >= 0.3 is 0 Å². The van der Waals surface area contributed by atoms with E-state index in [0.717, 1.165) is 6.42 Å².